The Kier molecular flexibility index (Phi) is 11.0. The zero-order valence-corrected chi connectivity index (χ0v) is 33.5. The molecule has 312 valence electrons. The van der Waals surface area contributed by atoms with Crippen LogP contribution in [0.4, 0.5) is 34.5 Å². The third-order valence-corrected chi connectivity index (χ3v) is 12.6. The van der Waals surface area contributed by atoms with Gasteiger partial charge in [0.2, 0.25) is 5.91 Å². The summed E-state index contributed by atoms with van der Waals surface area (Å²) in [5, 5.41) is 21.2. The number of hydrogen-bond acceptors (Lipinski definition) is 14. The first-order chi connectivity index (χ1) is 28.8. The molecule has 3 aliphatic heterocycles. The number of nitrogens with zero attached hydrogens (tertiary/aromatic N) is 7. The van der Waals surface area contributed by atoms with Gasteiger partial charge in [0, 0.05) is 67.1 Å². The van der Waals surface area contributed by atoms with Crippen molar-refractivity contribution in [2.75, 3.05) is 56.6 Å². The summed E-state index contributed by atoms with van der Waals surface area (Å²) in [6.07, 6.45) is -0.371. The highest BCUT2D eigenvalue weighted by molar-refractivity contribution is 7.23. The Labute approximate surface area is 349 Å². The average Bonchev–Trinajstić information content (AvgIpc) is 3.87. The molecule has 3 aromatic carbocycles. The summed E-state index contributed by atoms with van der Waals surface area (Å²) in [5.41, 5.74) is 5.20. The number of anilines is 2. The summed E-state index contributed by atoms with van der Waals surface area (Å²) in [6, 6.07) is 10.3. The molecule has 0 aliphatic carbocycles. The largest absolute Gasteiger partial charge is 0.513 e. The molecule has 60 heavy (non-hydrogen) atoms. The molecule has 8 rings (SSSR count). The predicted octanol–water partition coefficient (Wildman–Crippen LogP) is 7.40. The number of alkyl halides is 1. The molecule has 3 fully saturated rings. The third kappa shape index (κ3) is 7.54. The Bertz CT molecular complexity index is 2590. The maximum absolute atomic E-state index is 17.2. The Hall–Kier alpha value is -5.97. The Balaban J connectivity index is 1.06. The van der Waals surface area contributed by atoms with Crippen LogP contribution in [-0.4, -0.2) is 100 Å². The Morgan fingerprint density at radius 2 is 1.93 bits per heavy atom. The number of hydrogen-bond donors (Lipinski definition) is 1. The van der Waals surface area contributed by atoms with Crippen molar-refractivity contribution < 1.29 is 41.9 Å². The highest BCUT2D eigenvalue weighted by atomic mass is 35.5. The number of nitrogen functional groups attached to an aromatic ring is 1. The molecule has 2 N–H and O–H groups in total. The fraction of sp³-hybridized carbons (Fsp3) is 0.375. The Morgan fingerprint density at radius 3 is 2.67 bits per heavy atom. The van der Waals surface area contributed by atoms with Crippen LogP contribution in [0.2, 0.25) is 5.02 Å². The van der Waals surface area contributed by atoms with Gasteiger partial charge >= 0.3 is 12.2 Å². The SMILES string of the molecule is C[C@H]1CN(C(=O)CCOC(=O)Oc2ccc([N+](=O)[O-])cc2)CCN1c1nc(OC[C@@]23CCCN2C[C@H](F)C3)nc2c(F)c(-c3ccc(F)c4sc(N)c(C#N)c34)c(Cl)cc12. The van der Waals surface area contributed by atoms with E-state index in [4.69, 9.17) is 36.5 Å². The average molecular weight is 865 g/mol. The number of nitriles is 1. The van der Waals surface area contributed by atoms with Gasteiger partial charge in [-0.1, -0.05) is 17.7 Å². The smallest absolute Gasteiger partial charge is 0.461 e. The van der Waals surface area contributed by atoms with Crippen LogP contribution in [0.3, 0.4) is 0 Å². The number of ether oxygens (including phenoxy) is 3. The van der Waals surface area contributed by atoms with E-state index in [1.54, 1.807) is 4.90 Å². The highest BCUT2D eigenvalue weighted by Gasteiger charge is 2.49. The first-order valence-electron chi connectivity index (χ1n) is 19.0. The van der Waals surface area contributed by atoms with Gasteiger partial charge in [-0.2, -0.15) is 15.2 Å². The lowest BCUT2D eigenvalue weighted by atomic mass is 9.95. The number of fused-ring (bicyclic) bond motifs is 3. The standard InChI is InChI=1S/C40H36ClF3N8O7S/c1-21-18-49(30(53)9-14-57-39(54)59-24-5-3-23(4-6-24)52(55)56)12-13-51(21)37-26-15-28(41)32(25-7-8-29(43)35-31(25)27(17-45)36(46)60-35)33(44)34(26)47-38(48-37)58-20-40-10-2-11-50(40)19-22(42)16-40/h3-8,15,21-22H,2,9-14,16,18-20,46H2,1H3/t21-,22+,40-/m0/s1. The molecule has 0 saturated carbocycles. The van der Waals surface area contributed by atoms with Crippen LogP contribution in [0.5, 0.6) is 11.8 Å². The van der Waals surface area contributed by atoms with Gasteiger partial charge in [-0.25, -0.2) is 18.0 Å². The number of nitro benzene ring substituents is 1. The molecule has 15 nitrogen and oxygen atoms in total. The van der Waals surface area contributed by atoms with Gasteiger partial charge in [0.05, 0.1) is 32.2 Å². The van der Waals surface area contributed by atoms with E-state index in [1.807, 2.05) is 17.9 Å². The molecular formula is C40H36ClF3N8O7S. The van der Waals surface area contributed by atoms with Gasteiger partial charge in [-0.15, -0.1) is 11.3 Å². The van der Waals surface area contributed by atoms with E-state index < -0.39 is 40.5 Å². The number of rotatable bonds is 10. The van der Waals surface area contributed by atoms with Gasteiger partial charge in [-0.05, 0) is 56.1 Å². The first kappa shape index (κ1) is 40.8. The van der Waals surface area contributed by atoms with E-state index in [0.717, 1.165) is 30.4 Å². The lowest BCUT2D eigenvalue weighted by molar-refractivity contribution is -0.384. The van der Waals surface area contributed by atoms with Crippen molar-refractivity contribution in [2.24, 2.45) is 0 Å². The van der Waals surface area contributed by atoms with Crippen LogP contribution in [0.25, 0.3) is 32.1 Å². The maximum Gasteiger partial charge on any atom is 0.513 e. The van der Waals surface area contributed by atoms with E-state index in [-0.39, 0.29) is 123 Å². The van der Waals surface area contributed by atoms with E-state index >= 15 is 8.78 Å². The molecule has 3 atom stereocenters. The number of nitrogens with two attached hydrogens (primary N) is 1. The minimum Gasteiger partial charge on any atom is -0.461 e. The third-order valence-electron chi connectivity index (χ3n) is 11.3. The molecule has 0 unspecified atom stereocenters. The van der Waals surface area contributed by atoms with Crippen LogP contribution in [-0.2, 0) is 9.53 Å². The number of benzene rings is 3. The number of carbonyl (C=O) groups excluding carboxylic acids is 2. The number of non-ortho nitro benzene ring substituents is 1. The van der Waals surface area contributed by atoms with Crippen molar-refractivity contribution in [3.8, 4) is 29.0 Å². The van der Waals surface area contributed by atoms with Crippen molar-refractivity contribution in [2.45, 2.75) is 50.4 Å². The van der Waals surface area contributed by atoms with Gasteiger partial charge < -0.3 is 29.7 Å². The minimum absolute atomic E-state index is 0.00875. The number of aromatic nitrogens is 2. The van der Waals surface area contributed by atoms with Crippen molar-refractivity contribution in [3.63, 3.8) is 0 Å². The highest BCUT2D eigenvalue weighted by Crippen LogP contribution is 2.46. The first-order valence-corrected chi connectivity index (χ1v) is 20.2. The van der Waals surface area contributed by atoms with E-state index in [2.05, 4.69) is 9.88 Å². The second-order valence-electron chi connectivity index (χ2n) is 15.0. The van der Waals surface area contributed by atoms with Crippen LogP contribution in [0.15, 0.2) is 42.5 Å². The van der Waals surface area contributed by atoms with Crippen LogP contribution < -0.4 is 20.1 Å². The number of carbonyl (C=O) groups is 2. The molecule has 0 bridgehead atoms. The summed E-state index contributed by atoms with van der Waals surface area (Å²) in [6.45, 7) is 3.33. The van der Waals surface area contributed by atoms with Gasteiger partial charge in [0.1, 0.15) is 53.4 Å². The fourth-order valence-electron chi connectivity index (χ4n) is 8.49. The van der Waals surface area contributed by atoms with Crippen molar-refractivity contribution in [1.82, 2.24) is 19.8 Å². The van der Waals surface area contributed by atoms with Crippen LogP contribution >= 0.6 is 22.9 Å². The summed E-state index contributed by atoms with van der Waals surface area (Å²) in [5.74, 6) is -1.50. The number of amides is 1. The number of halogens is 4. The van der Waals surface area contributed by atoms with Crippen LogP contribution in [0, 0.1) is 33.1 Å². The molecule has 5 aromatic rings. The molecule has 5 heterocycles. The lowest BCUT2D eigenvalue weighted by Gasteiger charge is -2.41. The van der Waals surface area contributed by atoms with Crippen LogP contribution in [0.1, 0.15) is 38.2 Å². The number of piperazine rings is 1. The van der Waals surface area contributed by atoms with Crippen molar-refractivity contribution in [3.05, 3.63) is 74.8 Å². The zero-order chi connectivity index (χ0) is 42.5. The predicted molar refractivity (Wildman–Crippen MR) is 216 cm³/mol. The number of nitro groups is 1. The summed E-state index contributed by atoms with van der Waals surface area (Å²) >= 11 is 7.75. The van der Waals surface area contributed by atoms with E-state index in [9.17, 15) is 29.4 Å². The molecule has 20 heteroatoms. The zero-order valence-electron chi connectivity index (χ0n) is 32.0. The quantitative estimate of drug-likeness (QED) is 0.0633. The summed E-state index contributed by atoms with van der Waals surface area (Å²) in [7, 11) is 0. The molecule has 2 aromatic heterocycles. The fourth-order valence-corrected chi connectivity index (χ4v) is 9.73. The molecule has 1 amide bonds. The van der Waals surface area contributed by atoms with Gasteiger partial charge in [0.25, 0.3) is 5.69 Å². The lowest BCUT2D eigenvalue weighted by Crippen LogP contribution is -2.54. The topological polar surface area (TPSA) is 190 Å². The second-order valence-corrected chi connectivity index (χ2v) is 16.4. The molecule has 3 saturated heterocycles. The van der Waals surface area contributed by atoms with Gasteiger partial charge in [0.15, 0.2) is 5.82 Å². The molecule has 0 radical (unpaired) electrons. The maximum atomic E-state index is 17.2. The molecule has 3 aliphatic rings. The Morgan fingerprint density at radius 1 is 1.15 bits per heavy atom. The van der Waals surface area contributed by atoms with E-state index in [0.29, 0.717) is 13.0 Å². The molecular weight excluding hydrogens is 829 g/mol. The monoisotopic (exact) mass is 864 g/mol. The van der Waals surface area contributed by atoms with E-state index in [1.165, 1.54) is 36.4 Å². The summed E-state index contributed by atoms with van der Waals surface area (Å²) < 4.78 is 63.3. The minimum atomic E-state index is -1.08. The van der Waals surface area contributed by atoms with Crippen molar-refractivity contribution >= 4 is 72.5 Å². The summed E-state index contributed by atoms with van der Waals surface area (Å²) in [4.78, 5) is 50.6. The van der Waals surface area contributed by atoms with Gasteiger partial charge in [-0.3, -0.25) is 19.8 Å². The normalized spacial score (nSPS) is 20.3. The number of thiophene rings is 1. The second kappa shape index (κ2) is 16.2. The molecule has 0 spiro atoms. The van der Waals surface area contributed by atoms with Crippen molar-refractivity contribution in [1.29, 1.82) is 5.26 Å².